The molecule has 2 rings (SSSR count). The van der Waals surface area contributed by atoms with E-state index in [-0.39, 0.29) is 22.1 Å². The fourth-order valence-electron chi connectivity index (χ4n) is 1.54. The van der Waals surface area contributed by atoms with Crippen LogP contribution in [0, 0.1) is 5.82 Å². The maximum atomic E-state index is 13.6. The van der Waals surface area contributed by atoms with Crippen molar-refractivity contribution in [3.8, 4) is 5.75 Å². The van der Waals surface area contributed by atoms with Crippen LogP contribution in [0.4, 0.5) is 4.39 Å². The van der Waals surface area contributed by atoms with E-state index in [4.69, 9.17) is 16.3 Å². The Morgan fingerprint density at radius 3 is 2.93 bits per heavy atom. The highest BCUT2D eigenvalue weighted by molar-refractivity contribution is 9.10. The highest BCUT2D eigenvalue weighted by atomic mass is 79.9. The molecule has 5 heteroatoms. The van der Waals surface area contributed by atoms with Crippen LogP contribution in [0.15, 0.2) is 10.5 Å². The van der Waals surface area contributed by atoms with Gasteiger partial charge >= 0.3 is 0 Å². The minimum Gasteiger partial charge on any atom is -0.480 e. The smallest absolute Gasteiger partial charge is 0.210 e. The fraction of sp³-hybridized carbons (Fsp3) is 0.300. The second-order valence-corrected chi connectivity index (χ2v) is 4.50. The number of carbonyl (C=O) groups is 1. The van der Waals surface area contributed by atoms with E-state index in [1.54, 1.807) is 0 Å². The third-order valence-electron chi connectivity index (χ3n) is 2.30. The van der Waals surface area contributed by atoms with Crippen molar-refractivity contribution in [1.82, 2.24) is 0 Å². The van der Waals surface area contributed by atoms with Crippen LogP contribution in [-0.4, -0.2) is 11.9 Å². The standard InChI is InChI=1S/C10H7BrClFO2/c1-2-6-9(14)7-8(13)5(12)3-4(11)10(7)15-6/h3,6H,2H2,1H3. The minimum atomic E-state index is -0.698. The van der Waals surface area contributed by atoms with Crippen molar-refractivity contribution in [2.75, 3.05) is 0 Å². The van der Waals surface area contributed by atoms with E-state index < -0.39 is 11.9 Å². The molecule has 0 fully saturated rings. The Morgan fingerprint density at radius 1 is 1.67 bits per heavy atom. The van der Waals surface area contributed by atoms with Gasteiger partial charge in [-0.15, -0.1) is 0 Å². The highest BCUT2D eigenvalue weighted by Crippen LogP contribution is 2.41. The summed E-state index contributed by atoms with van der Waals surface area (Å²) in [5, 5.41) is -0.0747. The van der Waals surface area contributed by atoms with Gasteiger partial charge in [0.15, 0.2) is 11.9 Å². The van der Waals surface area contributed by atoms with Crippen molar-refractivity contribution in [2.24, 2.45) is 0 Å². The van der Waals surface area contributed by atoms with Gasteiger partial charge in [0.25, 0.3) is 0 Å². The van der Waals surface area contributed by atoms with E-state index in [1.165, 1.54) is 6.07 Å². The molecule has 1 aromatic carbocycles. The van der Waals surface area contributed by atoms with Crippen LogP contribution in [0.2, 0.25) is 5.02 Å². The first kappa shape index (κ1) is 10.9. The predicted molar refractivity (Wildman–Crippen MR) is 58.1 cm³/mol. The Balaban J connectivity index is 2.64. The summed E-state index contributed by atoms with van der Waals surface area (Å²) in [7, 11) is 0. The average molecular weight is 294 g/mol. The lowest BCUT2D eigenvalue weighted by Crippen LogP contribution is -2.19. The molecule has 1 atom stereocenters. The summed E-state index contributed by atoms with van der Waals surface area (Å²) in [6, 6.07) is 1.39. The quantitative estimate of drug-likeness (QED) is 0.740. The molecule has 0 aliphatic carbocycles. The van der Waals surface area contributed by atoms with Gasteiger partial charge < -0.3 is 4.74 Å². The van der Waals surface area contributed by atoms with Gasteiger partial charge in [0.1, 0.15) is 11.3 Å². The maximum absolute atomic E-state index is 13.6. The molecule has 0 spiro atoms. The van der Waals surface area contributed by atoms with Crippen LogP contribution >= 0.6 is 27.5 Å². The fourth-order valence-corrected chi connectivity index (χ4v) is 2.40. The molecular formula is C10H7BrClFO2. The van der Waals surface area contributed by atoms with E-state index in [2.05, 4.69) is 15.9 Å². The van der Waals surface area contributed by atoms with Gasteiger partial charge in [0, 0.05) is 0 Å². The van der Waals surface area contributed by atoms with Crippen molar-refractivity contribution >= 4 is 33.3 Å². The summed E-state index contributed by atoms with van der Waals surface area (Å²) >= 11 is 8.83. The van der Waals surface area contributed by atoms with E-state index >= 15 is 0 Å². The van der Waals surface area contributed by atoms with Gasteiger partial charge in [0.2, 0.25) is 5.78 Å². The molecule has 1 aliphatic rings. The van der Waals surface area contributed by atoms with Crippen molar-refractivity contribution in [1.29, 1.82) is 0 Å². The lowest BCUT2D eigenvalue weighted by atomic mass is 10.1. The molecule has 1 heterocycles. The largest absolute Gasteiger partial charge is 0.480 e. The number of halogens is 3. The van der Waals surface area contributed by atoms with Crippen LogP contribution in [0.25, 0.3) is 0 Å². The van der Waals surface area contributed by atoms with Crippen molar-refractivity contribution in [2.45, 2.75) is 19.4 Å². The summed E-state index contributed by atoms with van der Waals surface area (Å²) in [5.41, 5.74) is -0.0405. The van der Waals surface area contributed by atoms with Crippen molar-refractivity contribution < 1.29 is 13.9 Å². The number of fused-ring (bicyclic) bond motifs is 1. The van der Waals surface area contributed by atoms with Crippen molar-refractivity contribution in [3.05, 3.63) is 26.9 Å². The first-order chi connectivity index (χ1) is 7.06. The number of Topliss-reactive ketones (excluding diaryl/α,β-unsaturated/α-hetero) is 1. The number of hydrogen-bond donors (Lipinski definition) is 0. The number of carbonyl (C=O) groups excluding carboxylic acids is 1. The van der Waals surface area contributed by atoms with E-state index in [1.807, 2.05) is 6.92 Å². The molecule has 0 amide bonds. The Kier molecular flexibility index (Phi) is 2.73. The summed E-state index contributed by atoms with van der Waals surface area (Å²) in [4.78, 5) is 11.7. The second kappa shape index (κ2) is 3.76. The highest BCUT2D eigenvalue weighted by Gasteiger charge is 2.36. The zero-order valence-corrected chi connectivity index (χ0v) is 10.2. The molecule has 0 saturated carbocycles. The SMILES string of the molecule is CCC1Oc2c(Br)cc(Cl)c(F)c2C1=O. The summed E-state index contributed by atoms with van der Waals surface area (Å²) in [6.45, 7) is 1.81. The molecule has 1 unspecified atom stereocenters. The topological polar surface area (TPSA) is 26.3 Å². The molecular weight excluding hydrogens is 286 g/mol. The number of rotatable bonds is 1. The molecule has 0 saturated heterocycles. The summed E-state index contributed by atoms with van der Waals surface area (Å²) in [5.74, 6) is -0.780. The Labute approximate surface area is 99.5 Å². The van der Waals surface area contributed by atoms with Gasteiger partial charge in [-0.05, 0) is 28.4 Å². The normalized spacial score (nSPS) is 18.9. The molecule has 2 nitrogen and oxygen atoms in total. The number of hydrogen-bond acceptors (Lipinski definition) is 2. The van der Waals surface area contributed by atoms with E-state index in [9.17, 15) is 9.18 Å². The summed E-state index contributed by atoms with van der Waals surface area (Å²) < 4.78 is 19.4. The Hall–Kier alpha value is -0.610. The van der Waals surface area contributed by atoms with Crippen LogP contribution in [0.5, 0.6) is 5.75 Å². The van der Waals surface area contributed by atoms with Gasteiger partial charge in [-0.3, -0.25) is 4.79 Å². The first-order valence-corrected chi connectivity index (χ1v) is 5.61. The van der Waals surface area contributed by atoms with E-state index in [0.29, 0.717) is 10.9 Å². The zero-order valence-electron chi connectivity index (χ0n) is 7.81. The average Bonchev–Trinajstić information content (AvgIpc) is 2.53. The molecule has 1 aliphatic heterocycles. The van der Waals surface area contributed by atoms with Crippen LogP contribution in [0.3, 0.4) is 0 Å². The van der Waals surface area contributed by atoms with Gasteiger partial charge in [0.05, 0.1) is 9.50 Å². The number of ketones is 1. The van der Waals surface area contributed by atoms with Crippen molar-refractivity contribution in [3.63, 3.8) is 0 Å². The Morgan fingerprint density at radius 2 is 2.33 bits per heavy atom. The Bertz CT molecular complexity index is 448. The molecule has 0 radical (unpaired) electrons. The molecule has 1 aromatic rings. The monoisotopic (exact) mass is 292 g/mol. The molecule has 0 N–H and O–H groups in total. The van der Waals surface area contributed by atoms with E-state index in [0.717, 1.165) is 0 Å². The summed E-state index contributed by atoms with van der Waals surface area (Å²) in [6.07, 6.45) is -0.0823. The molecule has 0 bridgehead atoms. The minimum absolute atomic E-state index is 0.0405. The van der Waals surface area contributed by atoms with Gasteiger partial charge in [-0.25, -0.2) is 4.39 Å². The van der Waals surface area contributed by atoms with Crippen LogP contribution in [0.1, 0.15) is 23.7 Å². The third-order valence-corrected chi connectivity index (χ3v) is 3.16. The van der Waals surface area contributed by atoms with Crippen LogP contribution in [-0.2, 0) is 0 Å². The lowest BCUT2D eigenvalue weighted by molar-refractivity contribution is 0.0850. The molecule has 0 aromatic heterocycles. The third kappa shape index (κ3) is 1.56. The van der Waals surface area contributed by atoms with Crippen LogP contribution < -0.4 is 4.74 Å². The van der Waals surface area contributed by atoms with Gasteiger partial charge in [-0.2, -0.15) is 0 Å². The lowest BCUT2D eigenvalue weighted by Gasteiger charge is -2.05. The molecule has 80 valence electrons. The first-order valence-electron chi connectivity index (χ1n) is 4.44. The van der Waals surface area contributed by atoms with Gasteiger partial charge in [-0.1, -0.05) is 18.5 Å². The zero-order chi connectivity index (χ0) is 11.2. The number of ether oxygens (including phenoxy) is 1. The number of benzene rings is 1. The molecule has 15 heavy (non-hydrogen) atoms. The predicted octanol–water partition coefficient (Wildman–Crippen LogP) is 3.60. The second-order valence-electron chi connectivity index (χ2n) is 3.24. The maximum Gasteiger partial charge on any atom is 0.210 e.